The van der Waals surface area contributed by atoms with Crippen molar-refractivity contribution in [2.24, 2.45) is 0 Å². The van der Waals surface area contributed by atoms with E-state index < -0.39 is 29.2 Å². The first kappa shape index (κ1) is 24.4. The third kappa shape index (κ3) is 5.95. The number of nitrogens with two attached hydrogens (primary N) is 1. The van der Waals surface area contributed by atoms with Crippen molar-refractivity contribution < 1.29 is 35.8 Å². The first-order valence-electron chi connectivity index (χ1n) is 9.60. The van der Waals surface area contributed by atoms with E-state index in [1.54, 1.807) is 0 Å². The number of hydrogen-bond acceptors (Lipinski definition) is 6. The predicted octanol–water partition coefficient (Wildman–Crippen LogP) is 5.20. The fourth-order valence-electron chi connectivity index (χ4n) is 3.15. The lowest BCUT2D eigenvalue weighted by atomic mass is 10.1. The number of methoxy groups -OCH3 is 1. The molecule has 0 spiro atoms. The molecule has 0 saturated carbocycles. The van der Waals surface area contributed by atoms with Gasteiger partial charge in [-0.15, -0.1) is 0 Å². The second-order valence-corrected chi connectivity index (χ2v) is 7.14. The molecule has 33 heavy (non-hydrogen) atoms. The molecule has 0 atom stereocenters. The predicted molar refractivity (Wildman–Crippen MR) is 110 cm³/mol. The van der Waals surface area contributed by atoms with Gasteiger partial charge in [0.1, 0.15) is 24.0 Å². The van der Waals surface area contributed by atoms with Gasteiger partial charge in [-0.2, -0.15) is 26.3 Å². The van der Waals surface area contributed by atoms with Crippen LogP contribution in [-0.2, 0) is 23.6 Å². The molecule has 0 amide bonds. The van der Waals surface area contributed by atoms with Crippen molar-refractivity contribution in [2.45, 2.75) is 25.8 Å². The molecule has 1 heterocycles. The Hall–Kier alpha value is -3.28. The largest absolute Gasteiger partial charge is 0.491 e. The fraction of sp³-hybridized carbons (Fsp3) is 0.333. The Bertz CT molecular complexity index is 1150. The van der Waals surface area contributed by atoms with Gasteiger partial charge in [0.2, 0.25) is 0 Å². The monoisotopic (exact) mass is 474 g/mol. The zero-order valence-electron chi connectivity index (χ0n) is 17.6. The summed E-state index contributed by atoms with van der Waals surface area (Å²) in [6.07, 6.45) is -9.27. The molecule has 0 bridgehead atoms. The number of alkyl halides is 6. The number of fused-ring (bicyclic) bond motifs is 1. The van der Waals surface area contributed by atoms with Crippen LogP contribution in [0.15, 0.2) is 30.3 Å². The highest BCUT2D eigenvalue weighted by Gasteiger charge is 2.35. The zero-order valence-corrected chi connectivity index (χ0v) is 17.6. The van der Waals surface area contributed by atoms with Crippen LogP contribution in [0.25, 0.3) is 10.9 Å². The third-order valence-electron chi connectivity index (χ3n) is 4.56. The van der Waals surface area contributed by atoms with Crippen molar-refractivity contribution in [2.75, 3.05) is 31.4 Å². The van der Waals surface area contributed by atoms with E-state index in [1.807, 2.05) is 0 Å². The number of halogens is 6. The molecular weight excluding hydrogens is 454 g/mol. The molecule has 3 aromatic rings. The molecule has 178 valence electrons. The molecule has 0 aliphatic carbocycles. The number of ether oxygens (including phenoxy) is 2. The smallest absolute Gasteiger partial charge is 0.420 e. The summed E-state index contributed by atoms with van der Waals surface area (Å²) in [5.74, 6) is -0.126. The van der Waals surface area contributed by atoms with Crippen LogP contribution in [0, 0.1) is 6.92 Å². The summed E-state index contributed by atoms with van der Waals surface area (Å²) in [4.78, 5) is 8.27. The molecule has 3 N–H and O–H groups in total. The van der Waals surface area contributed by atoms with Crippen molar-refractivity contribution in [3.05, 3.63) is 52.8 Å². The number of hydrogen-bond donors (Lipinski definition) is 2. The summed E-state index contributed by atoms with van der Waals surface area (Å²) >= 11 is 0. The first-order valence-corrected chi connectivity index (χ1v) is 9.60. The van der Waals surface area contributed by atoms with E-state index in [1.165, 1.54) is 20.1 Å². The molecule has 0 fully saturated rings. The van der Waals surface area contributed by atoms with Crippen LogP contribution < -0.4 is 15.8 Å². The van der Waals surface area contributed by atoms with Crippen LogP contribution in [-0.4, -0.2) is 30.3 Å². The maximum atomic E-state index is 13.6. The van der Waals surface area contributed by atoms with Gasteiger partial charge in [0.05, 0.1) is 23.3 Å². The highest BCUT2D eigenvalue weighted by Crippen LogP contribution is 2.40. The normalized spacial score (nSPS) is 12.2. The lowest BCUT2D eigenvalue weighted by Gasteiger charge is -2.17. The van der Waals surface area contributed by atoms with Gasteiger partial charge in [-0.05, 0) is 42.8 Å². The van der Waals surface area contributed by atoms with Gasteiger partial charge >= 0.3 is 12.4 Å². The molecular formula is C21H20F6N4O2. The van der Waals surface area contributed by atoms with Crippen molar-refractivity contribution >= 4 is 22.4 Å². The summed E-state index contributed by atoms with van der Waals surface area (Å²) in [6, 6.07) is 5.10. The number of nitrogens with one attached hydrogen (secondary N) is 1. The van der Waals surface area contributed by atoms with E-state index in [0.717, 1.165) is 24.3 Å². The SMILES string of the molecule is COCCOc1cc2c(NCc3cc(N)cc(C(F)(F)F)c3)nc(C)nc2cc1C(F)(F)F. The van der Waals surface area contributed by atoms with Crippen LogP contribution in [0.1, 0.15) is 22.5 Å². The maximum Gasteiger partial charge on any atom is 0.420 e. The Kier molecular flexibility index (Phi) is 6.86. The fourth-order valence-corrected chi connectivity index (χ4v) is 3.15. The van der Waals surface area contributed by atoms with Crippen molar-refractivity contribution in [1.29, 1.82) is 0 Å². The quantitative estimate of drug-likeness (QED) is 0.279. The summed E-state index contributed by atoms with van der Waals surface area (Å²) in [5.41, 5.74) is 3.81. The molecule has 0 saturated heterocycles. The van der Waals surface area contributed by atoms with Gasteiger partial charge in [0, 0.05) is 24.7 Å². The molecule has 0 unspecified atom stereocenters. The topological polar surface area (TPSA) is 82.3 Å². The number of nitrogen functional groups attached to an aromatic ring is 1. The van der Waals surface area contributed by atoms with Gasteiger partial charge in [-0.25, -0.2) is 9.97 Å². The van der Waals surface area contributed by atoms with E-state index >= 15 is 0 Å². The number of aromatic nitrogens is 2. The second-order valence-electron chi connectivity index (χ2n) is 7.14. The zero-order chi connectivity index (χ0) is 24.4. The maximum absolute atomic E-state index is 13.6. The summed E-state index contributed by atoms with van der Waals surface area (Å²) < 4.78 is 89.9. The lowest BCUT2D eigenvalue weighted by molar-refractivity contribution is -0.139. The molecule has 0 aliphatic rings. The average molecular weight is 474 g/mol. The molecule has 6 nitrogen and oxygen atoms in total. The Morgan fingerprint density at radius 1 is 0.939 bits per heavy atom. The van der Waals surface area contributed by atoms with Crippen LogP contribution >= 0.6 is 0 Å². The molecule has 0 aliphatic heterocycles. The number of benzene rings is 2. The van der Waals surface area contributed by atoms with Crippen LogP contribution in [0.2, 0.25) is 0 Å². The number of anilines is 2. The summed E-state index contributed by atoms with van der Waals surface area (Å²) in [5, 5.41) is 3.08. The second kappa shape index (κ2) is 9.30. The first-order chi connectivity index (χ1) is 15.4. The summed E-state index contributed by atoms with van der Waals surface area (Å²) in [6.45, 7) is 1.33. The molecule has 1 aromatic heterocycles. The highest BCUT2D eigenvalue weighted by atomic mass is 19.4. The average Bonchev–Trinajstić information content (AvgIpc) is 2.70. The molecule has 2 aromatic carbocycles. The Balaban J connectivity index is 2.01. The number of aryl methyl sites for hydroxylation is 1. The van der Waals surface area contributed by atoms with Crippen molar-refractivity contribution in [3.8, 4) is 5.75 Å². The molecule has 3 rings (SSSR count). The van der Waals surface area contributed by atoms with Crippen molar-refractivity contribution in [3.63, 3.8) is 0 Å². The third-order valence-corrected chi connectivity index (χ3v) is 4.56. The van der Waals surface area contributed by atoms with Gasteiger partial charge in [0.25, 0.3) is 0 Å². The van der Waals surface area contributed by atoms with Gasteiger partial charge in [-0.1, -0.05) is 0 Å². The van der Waals surface area contributed by atoms with E-state index in [4.69, 9.17) is 15.2 Å². The Morgan fingerprint density at radius 3 is 2.30 bits per heavy atom. The number of nitrogens with zero attached hydrogens (tertiary/aromatic N) is 2. The van der Waals surface area contributed by atoms with Gasteiger partial charge in [-0.3, -0.25) is 0 Å². The van der Waals surface area contributed by atoms with Gasteiger partial charge < -0.3 is 20.5 Å². The van der Waals surface area contributed by atoms with Crippen molar-refractivity contribution in [1.82, 2.24) is 9.97 Å². The lowest BCUT2D eigenvalue weighted by Crippen LogP contribution is -2.13. The summed E-state index contributed by atoms with van der Waals surface area (Å²) in [7, 11) is 1.38. The minimum absolute atomic E-state index is 0.0000253. The van der Waals surface area contributed by atoms with E-state index in [-0.39, 0.29) is 53.6 Å². The molecule has 0 radical (unpaired) electrons. The standard InChI is InChI=1S/C21H20F6N4O2/c1-11-30-17-9-16(21(25,26)27)18(33-4-3-32-2)8-15(17)19(31-11)29-10-12-5-13(20(22,23)24)7-14(28)6-12/h5-9H,3-4,10,28H2,1-2H3,(H,29,30,31). The van der Waals surface area contributed by atoms with E-state index in [9.17, 15) is 26.3 Å². The number of rotatable bonds is 7. The van der Waals surface area contributed by atoms with Gasteiger partial charge in [0.15, 0.2) is 0 Å². The van der Waals surface area contributed by atoms with Crippen LogP contribution in [0.3, 0.4) is 0 Å². The van der Waals surface area contributed by atoms with Crippen LogP contribution in [0.4, 0.5) is 37.8 Å². The highest BCUT2D eigenvalue weighted by molar-refractivity contribution is 5.91. The Morgan fingerprint density at radius 2 is 1.67 bits per heavy atom. The van der Waals surface area contributed by atoms with E-state index in [2.05, 4.69) is 15.3 Å². The molecule has 12 heteroatoms. The minimum Gasteiger partial charge on any atom is -0.491 e. The Labute approximate surface area is 184 Å². The minimum atomic E-state index is -4.70. The van der Waals surface area contributed by atoms with E-state index in [0.29, 0.717) is 0 Å². The van der Waals surface area contributed by atoms with Crippen LogP contribution in [0.5, 0.6) is 5.75 Å².